The predicted octanol–water partition coefficient (Wildman–Crippen LogP) is 1.06. The minimum absolute atomic E-state index is 0.0395. The maximum Gasteiger partial charge on any atom is 0.349 e. The zero-order valence-corrected chi connectivity index (χ0v) is 9.55. The van der Waals surface area contributed by atoms with E-state index in [1.165, 1.54) is 18.2 Å². The Balaban J connectivity index is 2.27. The van der Waals surface area contributed by atoms with Crippen molar-refractivity contribution in [3.63, 3.8) is 0 Å². The molecule has 1 aliphatic heterocycles. The Morgan fingerprint density at radius 3 is 2.89 bits per heavy atom. The van der Waals surface area contributed by atoms with Crippen LogP contribution in [0, 0.1) is 5.82 Å². The van der Waals surface area contributed by atoms with Crippen LogP contribution in [0.1, 0.15) is 12.5 Å². The monoisotopic (exact) mass is 251 g/mol. The quantitative estimate of drug-likeness (QED) is 0.595. The molecule has 0 amide bonds. The molecule has 1 aromatic rings. The number of hydrogen-bond donors (Lipinski definition) is 0. The van der Waals surface area contributed by atoms with Crippen molar-refractivity contribution in [3.05, 3.63) is 35.6 Å². The molecule has 1 atom stereocenters. The van der Waals surface area contributed by atoms with Gasteiger partial charge < -0.3 is 9.47 Å². The fourth-order valence-electron chi connectivity index (χ4n) is 1.48. The summed E-state index contributed by atoms with van der Waals surface area (Å²) in [4.78, 5) is 26.6. The van der Waals surface area contributed by atoms with Gasteiger partial charge in [0.05, 0.1) is 12.2 Å². The first-order valence-corrected chi connectivity index (χ1v) is 5.34. The summed E-state index contributed by atoms with van der Waals surface area (Å²) < 4.78 is 22.9. The van der Waals surface area contributed by atoms with E-state index in [0.717, 1.165) is 0 Å². The number of halogens is 1. The van der Waals surface area contributed by atoms with Crippen molar-refractivity contribution in [3.8, 4) is 0 Å². The van der Waals surface area contributed by atoms with Crippen molar-refractivity contribution in [1.29, 1.82) is 0 Å². The minimum Gasteiger partial charge on any atom is -0.464 e. The van der Waals surface area contributed by atoms with Gasteiger partial charge in [0.2, 0.25) is 11.9 Å². The van der Waals surface area contributed by atoms with Crippen molar-refractivity contribution < 1.29 is 23.5 Å². The molecule has 2 rings (SSSR count). The molecule has 6 heteroatoms. The lowest BCUT2D eigenvalue weighted by Gasteiger charge is -2.01. The van der Waals surface area contributed by atoms with Crippen LogP contribution in [0.5, 0.6) is 0 Å². The van der Waals surface area contributed by atoms with E-state index < -0.39 is 23.8 Å². The van der Waals surface area contributed by atoms with Crippen LogP contribution in [0.15, 0.2) is 29.3 Å². The number of aliphatic imine (C=N–C) groups is 1. The van der Waals surface area contributed by atoms with E-state index in [0.29, 0.717) is 0 Å². The maximum atomic E-state index is 13.5. The van der Waals surface area contributed by atoms with Crippen LogP contribution in [-0.4, -0.2) is 30.5 Å². The van der Waals surface area contributed by atoms with Crippen molar-refractivity contribution in [1.82, 2.24) is 0 Å². The fraction of sp³-hybridized carbons (Fsp3) is 0.250. The van der Waals surface area contributed by atoms with Crippen molar-refractivity contribution in [2.45, 2.75) is 13.0 Å². The fourth-order valence-corrected chi connectivity index (χ4v) is 1.48. The lowest BCUT2D eigenvalue weighted by Crippen LogP contribution is -2.27. The highest BCUT2D eigenvalue weighted by atomic mass is 19.1. The van der Waals surface area contributed by atoms with Crippen LogP contribution >= 0.6 is 0 Å². The molecule has 1 aromatic carbocycles. The standard InChI is InChI=1S/C12H10FNO4/c1-2-17-11(15)9-12(16)18-10(14-9)7-5-3-4-6-8(7)13/h3-6,9H,2H2,1H3. The van der Waals surface area contributed by atoms with Crippen molar-refractivity contribution >= 4 is 17.8 Å². The number of carbonyl (C=O) groups excluding carboxylic acids is 2. The average molecular weight is 251 g/mol. The molecule has 0 saturated heterocycles. The summed E-state index contributed by atoms with van der Waals surface area (Å²) in [6.45, 7) is 1.74. The molecule has 0 fully saturated rings. The first-order valence-electron chi connectivity index (χ1n) is 5.34. The number of cyclic esters (lactones) is 1. The van der Waals surface area contributed by atoms with Gasteiger partial charge in [-0.25, -0.2) is 19.0 Å². The normalized spacial score (nSPS) is 18.2. The Morgan fingerprint density at radius 1 is 1.50 bits per heavy atom. The van der Waals surface area contributed by atoms with Gasteiger partial charge in [-0.1, -0.05) is 12.1 Å². The molecule has 0 aliphatic carbocycles. The molecule has 1 aliphatic rings. The van der Waals surface area contributed by atoms with Gasteiger partial charge in [-0.15, -0.1) is 0 Å². The van der Waals surface area contributed by atoms with Crippen LogP contribution < -0.4 is 0 Å². The number of carbonyl (C=O) groups is 2. The summed E-state index contributed by atoms with van der Waals surface area (Å²) in [5.41, 5.74) is 0.0395. The summed E-state index contributed by atoms with van der Waals surface area (Å²) in [6.07, 6.45) is 0. The molecule has 0 N–H and O–H groups in total. The van der Waals surface area contributed by atoms with Gasteiger partial charge in [0.25, 0.3) is 0 Å². The molecule has 0 spiro atoms. The molecule has 18 heavy (non-hydrogen) atoms. The predicted molar refractivity (Wildman–Crippen MR) is 59.5 cm³/mol. The molecule has 5 nitrogen and oxygen atoms in total. The summed E-state index contributed by atoms with van der Waals surface area (Å²) in [6, 6.07) is 4.34. The van der Waals surface area contributed by atoms with Gasteiger partial charge in [-0.3, -0.25) is 0 Å². The number of nitrogens with zero attached hydrogens (tertiary/aromatic N) is 1. The smallest absolute Gasteiger partial charge is 0.349 e. The van der Waals surface area contributed by atoms with Gasteiger partial charge >= 0.3 is 11.9 Å². The third-order valence-corrected chi connectivity index (χ3v) is 2.28. The Bertz CT molecular complexity index is 527. The topological polar surface area (TPSA) is 65.0 Å². The van der Waals surface area contributed by atoms with E-state index >= 15 is 0 Å². The number of ether oxygens (including phenoxy) is 2. The largest absolute Gasteiger partial charge is 0.464 e. The van der Waals surface area contributed by atoms with Crippen LogP contribution in [-0.2, 0) is 19.1 Å². The molecule has 0 bridgehead atoms. The van der Waals surface area contributed by atoms with Gasteiger partial charge in [0.1, 0.15) is 5.82 Å². The van der Waals surface area contributed by atoms with E-state index in [9.17, 15) is 14.0 Å². The van der Waals surface area contributed by atoms with E-state index in [1.54, 1.807) is 13.0 Å². The minimum atomic E-state index is -1.36. The van der Waals surface area contributed by atoms with Crippen LogP contribution in [0.25, 0.3) is 0 Å². The zero-order chi connectivity index (χ0) is 13.1. The van der Waals surface area contributed by atoms with Crippen molar-refractivity contribution in [2.24, 2.45) is 4.99 Å². The Morgan fingerprint density at radius 2 is 2.22 bits per heavy atom. The lowest BCUT2D eigenvalue weighted by molar-refractivity contribution is -0.150. The Kier molecular flexibility index (Phi) is 3.36. The Hall–Kier alpha value is -2.24. The van der Waals surface area contributed by atoms with Crippen LogP contribution in [0.4, 0.5) is 4.39 Å². The third-order valence-electron chi connectivity index (χ3n) is 2.28. The highest BCUT2D eigenvalue weighted by Crippen LogP contribution is 2.16. The number of rotatable bonds is 3. The zero-order valence-electron chi connectivity index (χ0n) is 9.55. The van der Waals surface area contributed by atoms with E-state index in [2.05, 4.69) is 9.73 Å². The molecular formula is C12H10FNO4. The van der Waals surface area contributed by atoms with E-state index in [-0.39, 0.29) is 18.1 Å². The SMILES string of the molecule is CCOC(=O)C1N=C(c2ccccc2F)OC1=O. The lowest BCUT2D eigenvalue weighted by atomic mass is 10.2. The number of esters is 2. The van der Waals surface area contributed by atoms with Gasteiger partial charge in [0.15, 0.2) is 0 Å². The molecule has 1 heterocycles. The molecule has 94 valence electrons. The van der Waals surface area contributed by atoms with Crippen molar-refractivity contribution in [2.75, 3.05) is 6.61 Å². The molecule has 0 radical (unpaired) electrons. The van der Waals surface area contributed by atoms with E-state index in [1.807, 2.05) is 0 Å². The molecular weight excluding hydrogens is 241 g/mol. The van der Waals surface area contributed by atoms with Crippen LogP contribution in [0.2, 0.25) is 0 Å². The highest BCUT2D eigenvalue weighted by molar-refractivity contribution is 6.13. The molecule has 1 unspecified atom stereocenters. The maximum absolute atomic E-state index is 13.5. The van der Waals surface area contributed by atoms with Gasteiger partial charge in [-0.05, 0) is 19.1 Å². The summed E-state index contributed by atoms with van der Waals surface area (Å²) in [5.74, 6) is -2.43. The van der Waals surface area contributed by atoms with E-state index in [4.69, 9.17) is 4.74 Å². The second-order valence-corrected chi connectivity index (χ2v) is 3.49. The Labute approximate surface area is 102 Å². The third kappa shape index (κ3) is 2.22. The van der Waals surface area contributed by atoms with Crippen LogP contribution in [0.3, 0.4) is 0 Å². The summed E-state index contributed by atoms with van der Waals surface area (Å²) >= 11 is 0. The number of hydrogen-bond acceptors (Lipinski definition) is 5. The highest BCUT2D eigenvalue weighted by Gasteiger charge is 2.37. The number of benzene rings is 1. The molecule has 0 aromatic heterocycles. The second kappa shape index (κ2) is 4.95. The second-order valence-electron chi connectivity index (χ2n) is 3.49. The average Bonchev–Trinajstić information content (AvgIpc) is 2.72. The van der Waals surface area contributed by atoms with Gasteiger partial charge in [-0.2, -0.15) is 0 Å². The summed E-state index contributed by atoms with van der Waals surface area (Å²) in [5, 5.41) is 0. The summed E-state index contributed by atoms with van der Waals surface area (Å²) in [7, 11) is 0. The van der Waals surface area contributed by atoms with Gasteiger partial charge in [0, 0.05) is 0 Å². The first kappa shape index (κ1) is 12.2. The molecule has 0 saturated carbocycles. The first-order chi connectivity index (χ1) is 8.63.